The molecule has 0 unspecified atom stereocenters. The number of nitrogens with one attached hydrogen (secondary N) is 1. The normalized spacial score (nSPS) is 34.1. The van der Waals surface area contributed by atoms with Crippen LogP contribution in [0.1, 0.15) is 0 Å². The topological polar surface area (TPSA) is 72.7 Å². The van der Waals surface area contributed by atoms with Gasteiger partial charge in [-0.15, -0.1) is 0 Å². The van der Waals surface area contributed by atoms with Gasteiger partial charge < -0.3 is 20.6 Å². The Bertz CT molecular complexity index is 108. The Hall–Kier alpha value is -0.160. The predicted molar refractivity (Wildman–Crippen MR) is 40.0 cm³/mol. The van der Waals surface area contributed by atoms with E-state index in [0.29, 0.717) is 13.1 Å². The van der Waals surface area contributed by atoms with E-state index in [4.69, 9.17) is 10.2 Å². The molecule has 1 rings (SSSR count). The van der Waals surface area contributed by atoms with E-state index < -0.39 is 6.10 Å². The SMILES string of the molecule is OC[C@@H]1CNC[C@@H](CO)C1O. The van der Waals surface area contributed by atoms with Crippen LogP contribution in [-0.4, -0.2) is 47.7 Å². The van der Waals surface area contributed by atoms with E-state index in [0.717, 1.165) is 0 Å². The molecule has 1 fully saturated rings. The van der Waals surface area contributed by atoms with Gasteiger partial charge in [-0.2, -0.15) is 0 Å². The lowest BCUT2D eigenvalue weighted by Crippen LogP contribution is -2.49. The van der Waals surface area contributed by atoms with E-state index in [1.54, 1.807) is 0 Å². The maximum Gasteiger partial charge on any atom is 0.0664 e. The highest BCUT2D eigenvalue weighted by Gasteiger charge is 2.30. The van der Waals surface area contributed by atoms with Crippen LogP contribution in [0.4, 0.5) is 0 Å². The van der Waals surface area contributed by atoms with Gasteiger partial charge in [0.25, 0.3) is 0 Å². The lowest BCUT2D eigenvalue weighted by molar-refractivity contribution is -0.0167. The molecule has 0 radical (unpaired) electrons. The number of rotatable bonds is 2. The van der Waals surface area contributed by atoms with Gasteiger partial charge >= 0.3 is 0 Å². The van der Waals surface area contributed by atoms with Gasteiger partial charge in [-0.3, -0.25) is 0 Å². The molecule has 0 aromatic carbocycles. The van der Waals surface area contributed by atoms with Gasteiger partial charge in [0.05, 0.1) is 6.10 Å². The molecule has 0 aliphatic carbocycles. The first-order valence-electron chi connectivity index (χ1n) is 3.90. The van der Waals surface area contributed by atoms with Crippen molar-refractivity contribution in [2.45, 2.75) is 6.10 Å². The number of aliphatic hydroxyl groups is 3. The Morgan fingerprint density at radius 2 is 1.55 bits per heavy atom. The zero-order valence-electron chi connectivity index (χ0n) is 6.40. The van der Waals surface area contributed by atoms with Crippen molar-refractivity contribution in [3.63, 3.8) is 0 Å². The van der Waals surface area contributed by atoms with Crippen molar-refractivity contribution in [2.75, 3.05) is 26.3 Å². The molecule has 11 heavy (non-hydrogen) atoms. The summed E-state index contributed by atoms with van der Waals surface area (Å²) in [7, 11) is 0. The molecular weight excluding hydrogens is 146 g/mol. The first kappa shape index (κ1) is 8.93. The molecule has 0 aromatic heterocycles. The number of hydrogen-bond donors (Lipinski definition) is 4. The van der Waals surface area contributed by atoms with Crippen molar-refractivity contribution in [1.82, 2.24) is 5.32 Å². The van der Waals surface area contributed by atoms with Crippen molar-refractivity contribution in [1.29, 1.82) is 0 Å². The van der Waals surface area contributed by atoms with Crippen molar-refractivity contribution in [3.05, 3.63) is 0 Å². The summed E-state index contributed by atoms with van der Waals surface area (Å²) in [6, 6.07) is 0. The molecule has 0 spiro atoms. The Balaban J connectivity index is 2.45. The highest BCUT2D eigenvalue weighted by molar-refractivity contribution is 4.83. The van der Waals surface area contributed by atoms with E-state index in [1.165, 1.54) is 0 Å². The van der Waals surface area contributed by atoms with E-state index in [1.807, 2.05) is 0 Å². The molecule has 0 aromatic rings. The third-order valence-electron chi connectivity index (χ3n) is 2.25. The summed E-state index contributed by atoms with van der Waals surface area (Å²) < 4.78 is 0. The van der Waals surface area contributed by atoms with Crippen LogP contribution in [0.5, 0.6) is 0 Å². The fourth-order valence-corrected chi connectivity index (χ4v) is 1.43. The average Bonchev–Trinajstić information content (AvgIpc) is 2.05. The Kier molecular flexibility index (Phi) is 3.26. The van der Waals surface area contributed by atoms with Crippen molar-refractivity contribution in [2.24, 2.45) is 11.8 Å². The van der Waals surface area contributed by atoms with Gasteiger partial charge in [0, 0.05) is 38.1 Å². The molecule has 4 nitrogen and oxygen atoms in total. The second kappa shape index (κ2) is 4.01. The molecule has 1 aliphatic rings. The van der Waals surface area contributed by atoms with E-state index >= 15 is 0 Å². The second-order valence-corrected chi connectivity index (χ2v) is 3.03. The molecule has 0 amide bonds. The lowest BCUT2D eigenvalue weighted by atomic mass is 9.88. The third-order valence-corrected chi connectivity index (χ3v) is 2.25. The Morgan fingerprint density at radius 1 is 1.09 bits per heavy atom. The number of piperidine rings is 1. The fraction of sp³-hybridized carbons (Fsp3) is 1.00. The molecule has 2 atom stereocenters. The zero-order chi connectivity index (χ0) is 8.27. The van der Waals surface area contributed by atoms with Crippen LogP contribution < -0.4 is 5.32 Å². The summed E-state index contributed by atoms with van der Waals surface area (Å²) in [4.78, 5) is 0. The van der Waals surface area contributed by atoms with Gasteiger partial charge in [0.15, 0.2) is 0 Å². The molecule has 1 aliphatic heterocycles. The van der Waals surface area contributed by atoms with Gasteiger partial charge in [-0.25, -0.2) is 0 Å². The smallest absolute Gasteiger partial charge is 0.0664 e. The fourth-order valence-electron chi connectivity index (χ4n) is 1.43. The van der Waals surface area contributed by atoms with Gasteiger partial charge in [0.1, 0.15) is 0 Å². The molecule has 1 saturated heterocycles. The minimum Gasteiger partial charge on any atom is -0.396 e. The standard InChI is InChI=1S/C7H15NO3/c9-3-5-1-8-2-6(4-10)7(5)11/h5-11H,1-4H2/t5-,6-/m0/s1. The highest BCUT2D eigenvalue weighted by Crippen LogP contribution is 2.15. The molecule has 66 valence electrons. The zero-order valence-corrected chi connectivity index (χ0v) is 6.40. The quantitative estimate of drug-likeness (QED) is 0.384. The lowest BCUT2D eigenvalue weighted by Gasteiger charge is -2.33. The summed E-state index contributed by atoms with van der Waals surface area (Å²) in [6.45, 7) is 1.22. The van der Waals surface area contributed by atoms with Gasteiger partial charge in [0.2, 0.25) is 0 Å². The Morgan fingerprint density at radius 3 is 1.91 bits per heavy atom. The summed E-state index contributed by atoms with van der Waals surface area (Å²) in [5.74, 6) is -0.248. The van der Waals surface area contributed by atoms with E-state index in [-0.39, 0.29) is 25.0 Å². The highest BCUT2D eigenvalue weighted by atomic mass is 16.3. The van der Waals surface area contributed by atoms with Crippen LogP contribution >= 0.6 is 0 Å². The summed E-state index contributed by atoms with van der Waals surface area (Å²) in [6.07, 6.45) is -0.564. The van der Waals surface area contributed by atoms with Crippen molar-refractivity contribution in [3.8, 4) is 0 Å². The van der Waals surface area contributed by atoms with E-state index in [9.17, 15) is 5.11 Å². The predicted octanol–water partition coefficient (Wildman–Crippen LogP) is -1.83. The van der Waals surface area contributed by atoms with Crippen LogP contribution in [0.2, 0.25) is 0 Å². The van der Waals surface area contributed by atoms with Crippen molar-refractivity contribution < 1.29 is 15.3 Å². The third kappa shape index (κ3) is 1.90. The maximum atomic E-state index is 9.47. The number of aliphatic hydroxyl groups excluding tert-OH is 3. The van der Waals surface area contributed by atoms with Crippen LogP contribution in [0.25, 0.3) is 0 Å². The van der Waals surface area contributed by atoms with Crippen LogP contribution in [-0.2, 0) is 0 Å². The first-order valence-corrected chi connectivity index (χ1v) is 3.90. The van der Waals surface area contributed by atoms with Gasteiger partial charge in [-0.05, 0) is 0 Å². The van der Waals surface area contributed by atoms with Gasteiger partial charge in [-0.1, -0.05) is 0 Å². The number of hydrogen-bond acceptors (Lipinski definition) is 4. The minimum atomic E-state index is -0.564. The average molecular weight is 161 g/mol. The van der Waals surface area contributed by atoms with Crippen LogP contribution in [0.3, 0.4) is 0 Å². The molecule has 0 bridgehead atoms. The monoisotopic (exact) mass is 161 g/mol. The first-order chi connectivity index (χ1) is 5.29. The summed E-state index contributed by atoms with van der Waals surface area (Å²) in [5, 5.41) is 30.1. The molecule has 1 heterocycles. The molecule has 0 saturated carbocycles. The van der Waals surface area contributed by atoms with Crippen LogP contribution in [0, 0.1) is 11.8 Å². The Labute approximate surface area is 65.9 Å². The maximum absolute atomic E-state index is 9.47. The second-order valence-electron chi connectivity index (χ2n) is 3.03. The van der Waals surface area contributed by atoms with Crippen molar-refractivity contribution >= 4 is 0 Å². The molecule has 4 N–H and O–H groups in total. The molecular formula is C7H15NO3. The minimum absolute atomic E-state index is 0.0231. The molecule has 4 heteroatoms. The summed E-state index contributed by atoms with van der Waals surface area (Å²) >= 11 is 0. The summed E-state index contributed by atoms with van der Waals surface area (Å²) in [5.41, 5.74) is 0. The van der Waals surface area contributed by atoms with E-state index in [2.05, 4.69) is 5.32 Å². The largest absolute Gasteiger partial charge is 0.396 e. The van der Waals surface area contributed by atoms with Crippen LogP contribution in [0.15, 0.2) is 0 Å².